The van der Waals surface area contributed by atoms with Crippen LogP contribution in [0.1, 0.15) is 35.0 Å². The van der Waals surface area contributed by atoms with Crippen molar-refractivity contribution in [3.8, 4) is 0 Å². The molecule has 1 fully saturated rings. The van der Waals surface area contributed by atoms with Crippen molar-refractivity contribution in [1.29, 1.82) is 0 Å². The Morgan fingerprint density at radius 3 is 2.83 bits per heavy atom. The second-order valence-electron chi connectivity index (χ2n) is 5.74. The summed E-state index contributed by atoms with van der Waals surface area (Å²) in [6.07, 6.45) is 3.55. The van der Waals surface area contributed by atoms with Gasteiger partial charge in [-0.1, -0.05) is 18.5 Å². The maximum absolute atomic E-state index is 12.8. The number of aromatic amines is 1. The molecule has 1 N–H and O–H groups in total. The second kappa shape index (κ2) is 6.33. The molecule has 0 aliphatic carbocycles. The van der Waals surface area contributed by atoms with Gasteiger partial charge in [-0.05, 0) is 13.5 Å². The summed E-state index contributed by atoms with van der Waals surface area (Å²) in [6, 6.07) is 0.0660. The highest BCUT2D eigenvalue weighted by atomic mass is 35.5. The number of imidazole rings is 1. The first-order valence-electron chi connectivity index (χ1n) is 7.74. The Labute approximate surface area is 140 Å². The van der Waals surface area contributed by atoms with Gasteiger partial charge < -0.3 is 9.88 Å². The molecule has 2 aromatic rings. The van der Waals surface area contributed by atoms with Crippen molar-refractivity contribution in [2.45, 2.75) is 19.9 Å². The lowest BCUT2D eigenvalue weighted by atomic mass is 10.1. The average Bonchev–Trinajstić information content (AvgIpc) is 3.18. The molecule has 1 aliphatic heterocycles. The molecule has 23 heavy (non-hydrogen) atoms. The Kier molecular flexibility index (Phi) is 4.41. The number of hydrogen-bond acceptors (Lipinski definition) is 4. The molecule has 0 bridgehead atoms. The quantitative estimate of drug-likeness (QED) is 0.924. The first-order valence-corrected chi connectivity index (χ1v) is 8.12. The van der Waals surface area contributed by atoms with Gasteiger partial charge in [-0.3, -0.25) is 14.4 Å². The third kappa shape index (κ3) is 2.86. The SMILES string of the molecule is CCN1CCN(C(=O)c2nn(C)c(C)c2Cl)CC1c1ncc[nH]1. The largest absolute Gasteiger partial charge is 0.347 e. The fraction of sp³-hybridized carbons (Fsp3) is 0.533. The van der Waals surface area contributed by atoms with Crippen molar-refractivity contribution >= 4 is 17.5 Å². The van der Waals surface area contributed by atoms with Crippen LogP contribution in [-0.2, 0) is 7.05 Å². The van der Waals surface area contributed by atoms with Crippen LogP contribution in [0.5, 0.6) is 0 Å². The van der Waals surface area contributed by atoms with Crippen LogP contribution in [0, 0.1) is 6.92 Å². The van der Waals surface area contributed by atoms with E-state index in [1.54, 1.807) is 17.9 Å². The number of aryl methyl sites for hydroxylation is 1. The number of carbonyl (C=O) groups excluding carboxylic acids is 1. The fourth-order valence-corrected chi connectivity index (χ4v) is 3.21. The molecule has 3 rings (SSSR count). The van der Waals surface area contributed by atoms with Gasteiger partial charge >= 0.3 is 0 Å². The van der Waals surface area contributed by atoms with Crippen LogP contribution in [0.15, 0.2) is 12.4 Å². The predicted molar refractivity (Wildman–Crippen MR) is 87.4 cm³/mol. The molecule has 0 saturated carbocycles. The number of likely N-dealkylation sites (N-methyl/N-ethyl adjacent to an activating group) is 1. The molecule has 1 aliphatic rings. The number of nitrogens with one attached hydrogen (secondary N) is 1. The van der Waals surface area contributed by atoms with Crippen molar-refractivity contribution in [1.82, 2.24) is 29.5 Å². The normalized spacial score (nSPS) is 19.3. The Morgan fingerprint density at radius 1 is 1.48 bits per heavy atom. The van der Waals surface area contributed by atoms with Crippen LogP contribution >= 0.6 is 11.6 Å². The molecular formula is C15H21ClN6O. The minimum absolute atomic E-state index is 0.0660. The van der Waals surface area contributed by atoms with E-state index in [0.717, 1.165) is 24.6 Å². The van der Waals surface area contributed by atoms with Gasteiger partial charge in [0.2, 0.25) is 0 Å². The molecule has 1 unspecified atom stereocenters. The van der Waals surface area contributed by atoms with E-state index in [2.05, 4.69) is 26.9 Å². The van der Waals surface area contributed by atoms with Crippen LogP contribution in [0.3, 0.4) is 0 Å². The molecule has 1 atom stereocenters. The van der Waals surface area contributed by atoms with Crippen molar-refractivity contribution in [3.05, 3.63) is 34.6 Å². The van der Waals surface area contributed by atoms with Gasteiger partial charge in [0.05, 0.1) is 16.8 Å². The molecular weight excluding hydrogens is 316 g/mol. The zero-order valence-electron chi connectivity index (χ0n) is 13.6. The molecule has 124 valence electrons. The smallest absolute Gasteiger partial charge is 0.276 e. The van der Waals surface area contributed by atoms with Crippen LogP contribution in [0.4, 0.5) is 0 Å². The third-order valence-electron chi connectivity index (χ3n) is 4.48. The number of nitrogens with zero attached hydrogens (tertiary/aromatic N) is 5. The van der Waals surface area contributed by atoms with Crippen molar-refractivity contribution in [3.63, 3.8) is 0 Å². The van der Waals surface area contributed by atoms with Crippen molar-refractivity contribution in [2.24, 2.45) is 7.05 Å². The van der Waals surface area contributed by atoms with Crippen LogP contribution in [-0.4, -0.2) is 61.6 Å². The summed E-state index contributed by atoms with van der Waals surface area (Å²) in [4.78, 5) is 24.5. The van der Waals surface area contributed by atoms with Crippen molar-refractivity contribution < 1.29 is 4.79 Å². The summed E-state index contributed by atoms with van der Waals surface area (Å²) in [5, 5.41) is 4.70. The minimum atomic E-state index is -0.119. The van der Waals surface area contributed by atoms with E-state index in [1.807, 2.05) is 18.0 Å². The van der Waals surface area contributed by atoms with E-state index in [9.17, 15) is 4.79 Å². The Hall–Kier alpha value is -1.86. The number of amides is 1. The Balaban J connectivity index is 1.83. The topological polar surface area (TPSA) is 70.0 Å². The maximum atomic E-state index is 12.8. The number of piperazine rings is 1. The molecule has 1 saturated heterocycles. The second-order valence-corrected chi connectivity index (χ2v) is 6.12. The van der Waals surface area contributed by atoms with Gasteiger partial charge in [0.15, 0.2) is 5.69 Å². The molecule has 0 radical (unpaired) electrons. The first kappa shape index (κ1) is 16.0. The summed E-state index contributed by atoms with van der Waals surface area (Å²) in [5.41, 5.74) is 1.12. The van der Waals surface area contributed by atoms with Crippen LogP contribution < -0.4 is 0 Å². The van der Waals surface area contributed by atoms with Gasteiger partial charge in [0.25, 0.3) is 5.91 Å². The van der Waals surface area contributed by atoms with E-state index in [-0.39, 0.29) is 11.9 Å². The number of halogens is 1. The number of hydrogen-bond donors (Lipinski definition) is 1. The molecule has 0 spiro atoms. The number of aromatic nitrogens is 4. The number of H-pyrrole nitrogens is 1. The molecule has 2 aromatic heterocycles. The number of carbonyl (C=O) groups is 1. The molecule has 7 nitrogen and oxygen atoms in total. The summed E-state index contributed by atoms with van der Waals surface area (Å²) in [5.74, 6) is 0.763. The Bertz CT molecular complexity index is 695. The van der Waals surface area contributed by atoms with Gasteiger partial charge in [0, 0.05) is 39.1 Å². The monoisotopic (exact) mass is 336 g/mol. The number of rotatable bonds is 3. The van der Waals surface area contributed by atoms with E-state index in [1.165, 1.54) is 0 Å². The highest BCUT2D eigenvalue weighted by molar-refractivity contribution is 6.34. The highest BCUT2D eigenvalue weighted by Crippen LogP contribution is 2.26. The molecule has 8 heteroatoms. The fourth-order valence-electron chi connectivity index (χ4n) is 2.97. The van der Waals surface area contributed by atoms with Gasteiger partial charge in [0.1, 0.15) is 5.82 Å². The summed E-state index contributed by atoms with van der Waals surface area (Å²) < 4.78 is 1.64. The highest BCUT2D eigenvalue weighted by Gasteiger charge is 2.33. The standard InChI is InChI=1S/C15H21ClN6O/c1-4-21-7-8-22(9-11(21)14-17-5-6-18-14)15(23)13-12(16)10(2)20(3)19-13/h5-6,11H,4,7-9H2,1-3H3,(H,17,18). The van der Waals surface area contributed by atoms with E-state index in [4.69, 9.17) is 11.6 Å². The van der Waals surface area contributed by atoms with Crippen molar-refractivity contribution in [2.75, 3.05) is 26.2 Å². The molecule has 1 amide bonds. The predicted octanol–water partition coefficient (Wildman–Crippen LogP) is 1.62. The van der Waals surface area contributed by atoms with E-state index >= 15 is 0 Å². The minimum Gasteiger partial charge on any atom is -0.347 e. The lowest BCUT2D eigenvalue weighted by molar-refractivity contribution is 0.0474. The van der Waals surface area contributed by atoms with Gasteiger partial charge in [-0.25, -0.2) is 4.98 Å². The zero-order valence-corrected chi connectivity index (χ0v) is 14.3. The molecule has 0 aromatic carbocycles. The van der Waals surface area contributed by atoms with E-state index in [0.29, 0.717) is 23.8 Å². The lowest BCUT2D eigenvalue weighted by Crippen LogP contribution is -2.50. The Morgan fingerprint density at radius 2 is 2.26 bits per heavy atom. The summed E-state index contributed by atoms with van der Waals surface area (Å²) >= 11 is 6.26. The van der Waals surface area contributed by atoms with E-state index < -0.39 is 0 Å². The summed E-state index contributed by atoms with van der Waals surface area (Å²) in [6.45, 7) is 6.93. The lowest BCUT2D eigenvalue weighted by Gasteiger charge is -2.39. The maximum Gasteiger partial charge on any atom is 0.276 e. The summed E-state index contributed by atoms with van der Waals surface area (Å²) in [7, 11) is 1.79. The van der Waals surface area contributed by atoms with Crippen LogP contribution in [0.2, 0.25) is 5.02 Å². The molecule has 3 heterocycles. The zero-order chi connectivity index (χ0) is 16.6. The van der Waals surface area contributed by atoms with Crippen LogP contribution in [0.25, 0.3) is 0 Å². The van der Waals surface area contributed by atoms with Gasteiger partial charge in [-0.2, -0.15) is 5.10 Å². The van der Waals surface area contributed by atoms with Gasteiger partial charge in [-0.15, -0.1) is 0 Å². The average molecular weight is 337 g/mol. The first-order chi connectivity index (χ1) is 11.0. The third-order valence-corrected chi connectivity index (χ3v) is 4.94.